The molecule has 0 rings (SSSR count). The van der Waals surface area contributed by atoms with E-state index in [-0.39, 0.29) is 0 Å². The Morgan fingerprint density at radius 3 is 2.00 bits per heavy atom. The molecule has 0 bridgehead atoms. The van der Waals surface area contributed by atoms with Crippen LogP contribution in [0.5, 0.6) is 0 Å². The highest BCUT2D eigenvalue weighted by Gasteiger charge is 1.78. The number of hydrogen-bond acceptors (Lipinski definition) is 1. The first-order valence-corrected chi connectivity index (χ1v) is 5.70. The summed E-state index contributed by atoms with van der Waals surface area (Å²) < 4.78 is 0. The molecule has 0 spiro atoms. The van der Waals surface area contributed by atoms with Crippen LogP contribution in [0.2, 0.25) is 0 Å². The van der Waals surface area contributed by atoms with Crippen LogP contribution in [-0.4, -0.2) is 31.4 Å². The van der Waals surface area contributed by atoms with E-state index in [4.69, 9.17) is 0 Å². The molecule has 0 aromatic rings. The van der Waals surface area contributed by atoms with Crippen LogP contribution in [0.3, 0.4) is 0 Å². The summed E-state index contributed by atoms with van der Waals surface area (Å²) in [5.74, 6) is 1.81. The van der Waals surface area contributed by atoms with E-state index in [1.54, 1.807) is 0 Å². The highest BCUT2D eigenvalue weighted by Crippen LogP contribution is 1.82. The van der Waals surface area contributed by atoms with Gasteiger partial charge < -0.3 is 4.90 Å². The molecule has 0 unspecified atom stereocenters. The lowest BCUT2D eigenvalue weighted by molar-refractivity contribution is 0.456. The second-order valence-corrected chi connectivity index (χ2v) is 2.53. The highest BCUT2D eigenvalue weighted by atomic mass is 79.9. The zero-order chi connectivity index (χ0) is 9.82. The average molecular weight is 234 g/mol. The molecule has 0 aromatic carbocycles. The molecule has 0 aromatic heterocycles. The first-order chi connectivity index (χ1) is 5.77. The summed E-state index contributed by atoms with van der Waals surface area (Å²) in [5, 5.41) is 0. The fourth-order valence-corrected chi connectivity index (χ4v) is 0.565. The molecule has 0 N–H and O–H groups in total. The fraction of sp³-hybridized carbons (Fsp3) is 0.600. The molecule has 0 saturated carbocycles. The third-order valence-electron chi connectivity index (χ3n) is 1.09. The molecule has 0 saturated heterocycles. The van der Waals surface area contributed by atoms with Crippen LogP contribution in [0.4, 0.5) is 0 Å². The molecule has 0 atom stereocenters. The number of rotatable bonds is 4. The third kappa shape index (κ3) is 16.5. The summed E-state index contributed by atoms with van der Waals surface area (Å²) in [5.41, 5.74) is 0. The number of allylic oxidation sites excluding steroid dienone is 3. The van der Waals surface area contributed by atoms with Gasteiger partial charge in [0.1, 0.15) is 0 Å². The predicted molar refractivity (Wildman–Crippen MR) is 62.0 cm³/mol. The molecule has 0 aliphatic carbocycles. The zero-order valence-corrected chi connectivity index (χ0v) is 10.1. The lowest BCUT2D eigenvalue weighted by Gasteiger charge is -2.02. The van der Waals surface area contributed by atoms with Crippen molar-refractivity contribution in [2.75, 3.05) is 26.5 Å². The van der Waals surface area contributed by atoms with Crippen LogP contribution in [0.25, 0.3) is 0 Å². The Hall–Kier alpha value is -0.0800. The maximum absolute atomic E-state index is 2.94. The van der Waals surface area contributed by atoms with Crippen LogP contribution in [0.1, 0.15) is 13.3 Å². The van der Waals surface area contributed by atoms with Crippen LogP contribution < -0.4 is 0 Å². The standard InChI is InChI=1S/C9H17N.CH3Br/c1-4-5-6-7-8-9-10(2)3;1-2/h5-8H,4,9H2,1-3H3;1H3/b6-5-,8-7-;. The molecule has 0 amide bonds. The second-order valence-electron chi connectivity index (χ2n) is 2.53. The minimum Gasteiger partial charge on any atom is -0.306 e. The first-order valence-electron chi connectivity index (χ1n) is 4.11. The summed E-state index contributed by atoms with van der Waals surface area (Å²) in [6.45, 7) is 3.16. The minimum absolute atomic E-state index is 1.02. The van der Waals surface area contributed by atoms with Crippen LogP contribution in [-0.2, 0) is 0 Å². The van der Waals surface area contributed by atoms with Gasteiger partial charge in [-0.3, -0.25) is 0 Å². The topological polar surface area (TPSA) is 3.24 Å². The van der Waals surface area contributed by atoms with Gasteiger partial charge in [-0.05, 0) is 26.3 Å². The van der Waals surface area contributed by atoms with Crippen molar-refractivity contribution in [2.45, 2.75) is 13.3 Å². The summed E-state index contributed by atoms with van der Waals surface area (Å²) >= 11 is 2.94. The maximum atomic E-state index is 2.94. The molecule has 12 heavy (non-hydrogen) atoms. The van der Waals surface area contributed by atoms with E-state index in [1.165, 1.54) is 0 Å². The molecule has 0 fully saturated rings. The molecule has 0 aliphatic rings. The van der Waals surface area contributed by atoms with Gasteiger partial charge in [0.25, 0.3) is 0 Å². The molecule has 0 radical (unpaired) electrons. The highest BCUT2D eigenvalue weighted by molar-refractivity contribution is 9.08. The van der Waals surface area contributed by atoms with Crippen LogP contribution in [0, 0.1) is 0 Å². The zero-order valence-electron chi connectivity index (χ0n) is 8.55. The smallest absolute Gasteiger partial charge is 0.0160 e. The van der Waals surface area contributed by atoms with Crippen molar-refractivity contribution in [3.05, 3.63) is 24.3 Å². The first kappa shape index (κ1) is 14.4. The Morgan fingerprint density at radius 2 is 1.58 bits per heavy atom. The second kappa shape index (κ2) is 13.5. The van der Waals surface area contributed by atoms with E-state index in [2.05, 4.69) is 66.2 Å². The van der Waals surface area contributed by atoms with Gasteiger partial charge in [0.05, 0.1) is 0 Å². The Morgan fingerprint density at radius 1 is 1.08 bits per heavy atom. The minimum atomic E-state index is 1.02. The summed E-state index contributed by atoms with van der Waals surface area (Å²) in [7, 11) is 4.13. The SMILES string of the molecule is CBr.CC/C=C\C=C/CN(C)C. The summed E-state index contributed by atoms with van der Waals surface area (Å²) in [6, 6.07) is 0. The monoisotopic (exact) mass is 233 g/mol. The van der Waals surface area contributed by atoms with E-state index >= 15 is 0 Å². The molecule has 72 valence electrons. The van der Waals surface area contributed by atoms with Crippen LogP contribution in [0.15, 0.2) is 24.3 Å². The number of nitrogens with zero attached hydrogens (tertiary/aromatic N) is 1. The van der Waals surface area contributed by atoms with Gasteiger partial charge in [0.2, 0.25) is 0 Å². The predicted octanol–water partition coefficient (Wildman–Crippen LogP) is 3.08. The van der Waals surface area contributed by atoms with E-state index in [1.807, 2.05) is 5.83 Å². The molecule has 0 heterocycles. The number of halogens is 1. The Bertz CT molecular complexity index is 117. The van der Waals surface area contributed by atoms with Gasteiger partial charge in [-0.25, -0.2) is 0 Å². The van der Waals surface area contributed by atoms with E-state index in [0.29, 0.717) is 0 Å². The average Bonchev–Trinajstić information content (AvgIpc) is 2.07. The van der Waals surface area contributed by atoms with Crippen molar-refractivity contribution < 1.29 is 0 Å². The van der Waals surface area contributed by atoms with Crippen molar-refractivity contribution in [3.8, 4) is 0 Å². The Labute approximate surface area is 85.3 Å². The molecular weight excluding hydrogens is 214 g/mol. The van der Waals surface area contributed by atoms with Gasteiger partial charge in [-0.15, -0.1) is 0 Å². The summed E-state index contributed by atoms with van der Waals surface area (Å²) in [4.78, 5) is 2.14. The molecule has 0 aliphatic heterocycles. The number of hydrogen-bond donors (Lipinski definition) is 0. The fourth-order valence-electron chi connectivity index (χ4n) is 0.565. The number of alkyl halides is 1. The van der Waals surface area contributed by atoms with Gasteiger partial charge in [0.15, 0.2) is 0 Å². The van der Waals surface area contributed by atoms with Crippen molar-refractivity contribution in [2.24, 2.45) is 0 Å². The quantitative estimate of drug-likeness (QED) is 0.533. The number of likely N-dealkylation sites (N-methyl/N-ethyl adjacent to an activating group) is 1. The largest absolute Gasteiger partial charge is 0.306 e. The van der Waals surface area contributed by atoms with Gasteiger partial charge in [-0.1, -0.05) is 47.2 Å². The molecule has 1 nitrogen and oxygen atoms in total. The third-order valence-corrected chi connectivity index (χ3v) is 1.09. The summed E-state index contributed by atoms with van der Waals surface area (Å²) in [6.07, 6.45) is 9.58. The van der Waals surface area contributed by atoms with E-state index < -0.39 is 0 Å². The van der Waals surface area contributed by atoms with E-state index in [9.17, 15) is 0 Å². The van der Waals surface area contributed by atoms with E-state index in [0.717, 1.165) is 13.0 Å². The van der Waals surface area contributed by atoms with Crippen molar-refractivity contribution >= 4 is 15.9 Å². The van der Waals surface area contributed by atoms with Crippen molar-refractivity contribution in [3.63, 3.8) is 0 Å². The van der Waals surface area contributed by atoms with Gasteiger partial charge in [-0.2, -0.15) is 0 Å². The lowest BCUT2D eigenvalue weighted by Crippen LogP contribution is -2.10. The van der Waals surface area contributed by atoms with Gasteiger partial charge in [0, 0.05) is 6.54 Å². The lowest BCUT2D eigenvalue weighted by atomic mass is 10.4. The maximum Gasteiger partial charge on any atom is 0.0160 e. The van der Waals surface area contributed by atoms with Crippen molar-refractivity contribution in [1.29, 1.82) is 0 Å². The molecular formula is C10H20BrN. The molecule has 2 heteroatoms. The van der Waals surface area contributed by atoms with Crippen LogP contribution >= 0.6 is 15.9 Å². The van der Waals surface area contributed by atoms with Crippen molar-refractivity contribution in [1.82, 2.24) is 4.90 Å². The Balaban J connectivity index is 0. The Kier molecular flexibility index (Phi) is 16.3. The van der Waals surface area contributed by atoms with Gasteiger partial charge >= 0.3 is 0 Å². The normalized spacial score (nSPS) is 10.8.